The zero-order valence-corrected chi connectivity index (χ0v) is 15.3. The van der Waals surface area contributed by atoms with E-state index in [0.717, 1.165) is 11.1 Å². The molecule has 0 aliphatic heterocycles. The zero-order chi connectivity index (χ0) is 18.9. The second kappa shape index (κ2) is 9.46. The zero-order valence-electron chi connectivity index (χ0n) is 15.3. The number of hydrogen-bond donors (Lipinski definition) is 2. The van der Waals surface area contributed by atoms with Gasteiger partial charge in [0.15, 0.2) is 6.61 Å². The maximum atomic E-state index is 12.0. The maximum absolute atomic E-state index is 12.0. The Morgan fingerprint density at radius 2 is 1.65 bits per heavy atom. The summed E-state index contributed by atoms with van der Waals surface area (Å²) in [4.78, 5) is 23.8. The molecule has 0 heterocycles. The minimum Gasteiger partial charge on any atom is -0.497 e. The van der Waals surface area contributed by atoms with Crippen molar-refractivity contribution in [2.24, 2.45) is 0 Å². The van der Waals surface area contributed by atoms with Crippen LogP contribution >= 0.6 is 0 Å². The Balaban J connectivity index is 1.68. The standard InChI is InChI=1S/C20H24N2O4/c1-14-5-4-6-18(15(14)2)26-13-19(23)21-11-12-22-20(24)16-7-9-17(25-3)10-8-16/h4-10H,11-13H2,1-3H3,(H,21,23)(H,22,24). The summed E-state index contributed by atoms with van der Waals surface area (Å²) in [5.41, 5.74) is 2.67. The number of amides is 2. The molecule has 0 radical (unpaired) electrons. The second-order valence-electron chi connectivity index (χ2n) is 5.82. The van der Waals surface area contributed by atoms with E-state index in [1.807, 2.05) is 32.0 Å². The summed E-state index contributed by atoms with van der Waals surface area (Å²) in [5, 5.41) is 5.46. The van der Waals surface area contributed by atoms with Gasteiger partial charge in [0, 0.05) is 18.7 Å². The van der Waals surface area contributed by atoms with Crippen LogP contribution in [0.1, 0.15) is 21.5 Å². The van der Waals surface area contributed by atoms with Crippen LogP contribution in [0.15, 0.2) is 42.5 Å². The van der Waals surface area contributed by atoms with Crippen molar-refractivity contribution < 1.29 is 19.1 Å². The highest BCUT2D eigenvalue weighted by Crippen LogP contribution is 2.20. The number of hydrogen-bond acceptors (Lipinski definition) is 4. The Hall–Kier alpha value is -3.02. The summed E-state index contributed by atoms with van der Waals surface area (Å²) in [6.45, 7) is 4.55. The molecule has 0 unspecified atom stereocenters. The first-order chi connectivity index (χ1) is 12.5. The van der Waals surface area contributed by atoms with Gasteiger partial charge >= 0.3 is 0 Å². The third kappa shape index (κ3) is 5.51. The van der Waals surface area contributed by atoms with Crippen LogP contribution in [-0.4, -0.2) is 38.6 Å². The normalized spacial score (nSPS) is 10.1. The third-order valence-corrected chi connectivity index (χ3v) is 4.00. The molecule has 2 aromatic rings. The van der Waals surface area contributed by atoms with Crippen molar-refractivity contribution >= 4 is 11.8 Å². The topological polar surface area (TPSA) is 76.7 Å². The van der Waals surface area contributed by atoms with Gasteiger partial charge in [0.05, 0.1) is 7.11 Å². The first-order valence-corrected chi connectivity index (χ1v) is 8.39. The monoisotopic (exact) mass is 356 g/mol. The van der Waals surface area contributed by atoms with Gasteiger partial charge < -0.3 is 20.1 Å². The number of aryl methyl sites for hydroxylation is 1. The highest BCUT2D eigenvalue weighted by atomic mass is 16.5. The van der Waals surface area contributed by atoms with Crippen molar-refractivity contribution in [1.29, 1.82) is 0 Å². The van der Waals surface area contributed by atoms with Crippen LogP contribution in [0.5, 0.6) is 11.5 Å². The van der Waals surface area contributed by atoms with Crippen LogP contribution < -0.4 is 20.1 Å². The molecule has 2 aromatic carbocycles. The van der Waals surface area contributed by atoms with Crippen molar-refractivity contribution in [3.05, 3.63) is 59.2 Å². The summed E-state index contributed by atoms with van der Waals surface area (Å²) in [5.74, 6) is 0.962. The molecule has 26 heavy (non-hydrogen) atoms. The molecule has 0 aromatic heterocycles. The van der Waals surface area contributed by atoms with Gasteiger partial charge in [-0.2, -0.15) is 0 Å². The molecule has 0 fully saturated rings. The van der Waals surface area contributed by atoms with Crippen molar-refractivity contribution in [1.82, 2.24) is 10.6 Å². The van der Waals surface area contributed by atoms with Crippen molar-refractivity contribution in [3.63, 3.8) is 0 Å². The third-order valence-electron chi connectivity index (χ3n) is 4.00. The van der Waals surface area contributed by atoms with E-state index < -0.39 is 0 Å². The second-order valence-corrected chi connectivity index (χ2v) is 5.82. The fourth-order valence-corrected chi connectivity index (χ4v) is 2.30. The highest BCUT2D eigenvalue weighted by molar-refractivity contribution is 5.94. The number of benzene rings is 2. The molecule has 0 atom stereocenters. The van der Waals surface area contributed by atoms with E-state index in [1.165, 1.54) is 0 Å². The van der Waals surface area contributed by atoms with Crippen LogP contribution in [-0.2, 0) is 4.79 Å². The largest absolute Gasteiger partial charge is 0.497 e. The van der Waals surface area contributed by atoms with Crippen LogP contribution in [0.2, 0.25) is 0 Å². The van der Waals surface area contributed by atoms with E-state index in [4.69, 9.17) is 9.47 Å². The highest BCUT2D eigenvalue weighted by Gasteiger charge is 2.07. The van der Waals surface area contributed by atoms with Crippen LogP contribution in [0, 0.1) is 13.8 Å². The minimum absolute atomic E-state index is 0.0588. The molecule has 6 nitrogen and oxygen atoms in total. The van der Waals surface area contributed by atoms with E-state index in [0.29, 0.717) is 30.2 Å². The van der Waals surface area contributed by atoms with E-state index >= 15 is 0 Å². The van der Waals surface area contributed by atoms with Crippen molar-refractivity contribution in [2.45, 2.75) is 13.8 Å². The lowest BCUT2D eigenvalue weighted by atomic mass is 10.1. The van der Waals surface area contributed by atoms with Crippen molar-refractivity contribution in [2.75, 3.05) is 26.8 Å². The molecule has 2 N–H and O–H groups in total. The Morgan fingerprint density at radius 1 is 0.962 bits per heavy atom. The Bertz CT molecular complexity index is 757. The lowest BCUT2D eigenvalue weighted by Crippen LogP contribution is -2.36. The van der Waals surface area contributed by atoms with E-state index in [9.17, 15) is 9.59 Å². The van der Waals surface area contributed by atoms with Gasteiger partial charge in [-0.1, -0.05) is 12.1 Å². The van der Waals surface area contributed by atoms with Crippen LogP contribution in [0.3, 0.4) is 0 Å². The SMILES string of the molecule is COc1ccc(C(=O)NCCNC(=O)COc2cccc(C)c2C)cc1. The predicted octanol–water partition coefficient (Wildman–Crippen LogP) is 2.24. The number of carbonyl (C=O) groups is 2. The van der Waals surface area contributed by atoms with Crippen molar-refractivity contribution in [3.8, 4) is 11.5 Å². The number of nitrogens with one attached hydrogen (secondary N) is 2. The smallest absolute Gasteiger partial charge is 0.258 e. The Morgan fingerprint density at radius 3 is 2.35 bits per heavy atom. The van der Waals surface area contributed by atoms with Crippen LogP contribution in [0.25, 0.3) is 0 Å². The first kappa shape index (κ1) is 19.3. The average molecular weight is 356 g/mol. The summed E-state index contributed by atoms with van der Waals surface area (Å²) in [6, 6.07) is 12.5. The lowest BCUT2D eigenvalue weighted by Gasteiger charge is -2.11. The van der Waals surface area contributed by atoms with Gasteiger partial charge in [-0.15, -0.1) is 0 Å². The first-order valence-electron chi connectivity index (χ1n) is 8.39. The molecule has 2 amide bonds. The molecule has 2 rings (SSSR count). The molecule has 6 heteroatoms. The molecule has 0 bridgehead atoms. The molecule has 0 aliphatic rings. The van der Waals surface area contributed by atoms with E-state index in [2.05, 4.69) is 10.6 Å². The molecule has 0 spiro atoms. The van der Waals surface area contributed by atoms with E-state index in [-0.39, 0.29) is 18.4 Å². The molecule has 0 aliphatic carbocycles. The summed E-state index contributed by atoms with van der Waals surface area (Å²) in [6.07, 6.45) is 0. The van der Waals surface area contributed by atoms with Gasteiger partial charge in [-0.25, -0.2) is 0 Å². The lowest BCUT2D eigenvalue weighted by molar-refractivity contribution is -0.123. The molecule has 138 valence electrons. The minimum atomic E-state index is -0.232. The van der Waals surface area contributed by atoms with Crippen LogP contribution in [0.4, 0.5) is 0 Å². The fraction of sp³-hybridized carbons (Fsp3) is 0.300. The quantitative estimate of drug-likeness (QED) is 0.711. The number of ether oxygens (including phenoxy) is 2. The number of carbonyl (C=O) groups excluding carboxylic acids is 2. The average Bonchev–Trinajstić information content (AvgIpc) is 2.66. The summed E-state index contributed by atoms with van der Waals surface area (Å²) >= 11 is 0. The van der Waals surface area contributed by atoms with E-state index in [1.54, 1.807) is 31.4 Å². The van der Waals surface area contributed by atoms with Gasteiger partial charge in [0.1, 0.15) is 11.5 Å². The Kier molecular flexibility index (Phi) is 7.02. The van der Waals surface area contributed by atoms with Gasteiger partial charge in [-0.05, 0) is 55.3 Å². The molecule has 0 saturated heterocycles. The van der Waals surface area contributed by atoms with Gasteiger partial charge in [0.25, 0.3) is 11.8 Å². The summed E-state index contributed by atoms with van der Waals surface area (Å²) in [7, 11) is 1.57. The molecular formula is C20H24N2O4. The predicted molar refractivity (Wildman–Crippen MR) is 99.7 cm³/mol. The van der Waals surface area contributed by atoms with Gasteiger partial charge in [-0.3, -0.25) is 9.59 Å². The number of rotatable bonds is 8. The van der Waals surface area contributed by atoms with Gasteiger partial charge in [0.2, 0.25) is 0 Å². The molecule has 0 saturated carbocycles. The fourth-order valence-electron chi connectivity index (χ4n) is 2.30. The number of methoxy groups -OCH3 is 1. The summed E-state index contributed by atoms with van der Waals surface area (Å²) < 4.78 is 10.6. The molecular weight excluding hydrogens is 332 g/mol. The Labute approximate surface area is 153 Å². The maximum Gasteiger partial charge on any atom is 0.258 e.